The van der Waals surface area contributed by atoms with Crippen molar-refractivity contribution in [2.24, 2.45) is 0 Å². The van der Waals surface area contributed by atoms with Gasteiger partial charge in [-0.05, 0) is 12.1 Å². The molecular weight excluding hydrogens is 282 g/mol. The van der Waals surface area contributed by atoms with Crippen LogP contribution in [0.3, 0.4) is 0 Å². The lowest BCUT2D eigenvalue weighted by Gasteiger charge is -2.40. The van der Waals surface area contributed by atoms with Crippen LogP contribution in [-0.4, -0.2) is 68.7 Å². The van der Waals surface area contributed by atoms with Crippen LogP contribution in [0.15, 0.2) is 24.3 Å². The second-order valence-electron chi connectivity index (χ2n) is 4.74. The zero-order valence-electron chi connectivity index (χ0n) is 11.0. The number of aliphatic hydroxyl groups is 4. The molecule has 1 saturated heterocycles. The van der Waals surface area contributed by atoms with Crippen LogP contribution in [0.5, 0.6) is 5.75 Å². The monoisotopic (exact) mass is 299 g/mol. The zero-order valence-corrected chi connectivity index (χ0v) is 11.0. The Balaban J connectivity index is 2.11. The number of carbonyl (C=O) groups is 1. The normalized spacial score (nSPS) is 32.7. The number of benzene rings is 1. The molecule has 0 bridgehead atoms. The molecule has 0 aromatic heterocycles. The van der Waals surface area contributed by atoms with E-state index in [1.54, 1.807) is 12.1 Å². The molecule has 1 aromatic rings. The van der Waals surface area contributed by atoms with Gasteiger partial charge >= 0.3 is 0 Å². The number of aromatic hydroxyl groups is 1. The molecule has 0 aliphatic carbocycles. The molecule has 1 heterocycles. The van der Waals surface area contributed by atoms with Gasteiger partial charge in [-0.1, -0.05) is 12.1 Å². The van der Waals surface area contributed by atoms with Crippen LogP contribution in [-0.2, 0) is 4.74 Å². The third-order valence-corrected chi connectivity index (χ3v) is 3.31. The Kier molecular flexibility index (Phi) is 4.76. The number of para-hydroxylation sites is 1. The van der Waals surface area contributed by atoms with E-state index in [0.717, 1.165) is 0 Å². The first kappa shape index (κ1) is 15.7. The van der Waals surface area contributed by atoms with E-state index in [1.807, 2.05) is 0 Å². The number of rotatable bonds is 3. The highest BCUT2D eigenvalue weighted by Gasteiger charge is 2.44. The van der Waals surface area contributed by atoms with Gasteiger partial charge in [0.15, 0.2) is 6.23 Å². The van der Waals surface area contributed by atoms with Gasteiger partial charge in [0.05, 0.1) is 12.2 Å². The Morgan fingerprint density at radius 2 is 1.81 bits per heavy atom. The summed E-state index contributed by atoms with van der Waals surface area (Å²) in [5.41, 5.74) is -0.0329. The molecule has 0 radical (unpaired) electrons. The van der Waals surface area contributed by atoms with Crippen molar-refractivity contribution in [3.05, 3.63) is 29.8 Å². The third-order valence-electron chi connectivity index (χ3n) is 3.31. The van der Waals surface area contributed by atoms with Crippen LogP contribution in [0.4, 0.5) is 0 Å². The lowest BCUT2D eigenvalue weighted by molar-refractivity contribution is -0.233. The number of nitrogens with one attached hydrogen (secondary N) is 1. The summed E-state index contributed by atoms with van der Waals surface area (Å²) in [6.07, 6.45) is -7.09. The lowest BCUT2D eigenvalue weighted by atomic mass is 9.98. The Morgan fingerprint density at radius 1 is 1.14 bits per heavy atom. The van der Waals surface area contributed by atoms with E-state index in [0.29, 0.717) is 0 Å². The fourth-order valence-electron chi connectivity index (χ4n) is 2.09. The van der Waals surface area contributed by atoms with E-state index in [4.69, 9.17) is 9.84 Å². The van der Waals surface area contributed by atoms with Gasteiger partial charge in [0.2, 0.25) is 0 Å². The second kappa shape index (κ2) is 6.37. The van der Waals surface area contributed by atoms with Crippen LogP contribution >= 0.6 is 0 Å². The Morgan fingerprint density at radius 3 is 2.43 bits per heavy atom. The molecule has 21 heavy (non-hydrogen) atoms. The number of ether oxygens (including phenoxy) is 1. The van der Waals surface area contributed by atoms with Crippen molar-refractivity contribution in [2.75, 3.05) is 6.61 Å². The summed E-state index contributed by atoms with van der Waals surface area (Å²) in [6, 6.07) is 5.78. The van der Waals surface area contributed by atoms with Crippen LogP contribution in [0, 0.1) is 0 Å². The van der Waals surface area contributed by atoms with Crippen LogP contribution < -0.4 is 5.32 Å². The van der Waals surface area contributed by atoms with E-state index in [9.17, 15) is 25.2 Å². The molecule has 1 aliphatic heterocycles. The van der Waals surface area contributed by atoms with Crippen molar-refractivity contribution < 1.29 is 35.1 Å². The fraction of sp³-hybridized carbons (Fsp3) is 0.462. The Hall–Kier alpha value is -1.71. The van der Waals surface area contributed by atoms with Crippen LogP contribution in [0.2, 0.25) is 0 Å². The first-order chi connectivity index (χ1) is 9.95. The highest BCUT2D eigenvalue weighted by molar-refractivity contribution is 5.96. The summed E-state index contributed by atoms with van der Waals surface area (Å²) in [7, 11) is 0. The second-order valence-corrected chi connectivity index (χ2v) is 4.74. The summed E-state index contributed by atoms with van der Waals surface area (Å²) in [5.74, 6) is -0.975. The number of aliphatic hydroxyl groups excluding tert-OH is 4. The first-order valence-corrected chi connectivity index (χ1v) is 6.35. The molecule has 8 heteroatoms. The minimum atomic E-state index is -1.58. The van der Waals surface area contributed by atoms with Crippen molar-refractivity contribution in [2.45, 2.75) is 30.6 Å². The molecule has 1 amide bonds. The third kappa shape index (κ3) is 3.14. The highest BCUT2D eigenvalue weighted by Crippen LogP contribution is 2.21. The first-order valence-electron chi connectivity index (χ1n) is 6.35. The van der Waals surface area contributed by atoms with Crippen molar-refractivity contribution in [3.63, 3.8) is 0 Å². The largest absolute Gasteiger partial charge is 0.507 e. The molecule has 8 nitrogen and oxygen atoms in total. The van der Waals surface area contributed by atoms with Gasteiger partial charge in [-0.25, -0.2) is 0 Å². The maximum absolute atomic E-state index is 12.0. The molecule has 0 unspecified atom stereocenters. The molecular formula is C13H17NO7. The molecule has 1 fully saturated rings. The number of hydrogen-bond acceptors (Lipinski definition) is 7. The van der Waals surface area contributed by atoms with Crippen molar-refractivity contribution in [1.82, 2.24) is 5.32 Å². The number of hydrogen-bond donors (Lipinski definition) is 6. The lowest BCUT2D eigenvalue weighted by Crippen LogP contribution is -2.63. The van der Waals surface area contributed by atoms with Gasteiger partial charge in [0, 0.05) is 0 Å². The van der Waals surface area contributed by atoms with Crippen molar-refractivity contribution in [3.8, 4) is 5.75 Å². The molecule has 1 aliphatic rings. The minimum absolute atomic E-state index is 0.0329. The van der Waals surface area contributed by atoms with Crippen LogP contribution in [0.1, 0.15) is 10.4 Å². The quantitative estimate of drug-likeness (QED) is 0.376. The molecule has 5 atom stereocenters. The van der Waals surface area contributed by atoms with Gasteiger partial charge in [-0.3, -0.25) is 4.79 Å². The van der Waals surface area contributed by atoms with Crippen LogP contribution in [0.25, 0.3) is 0 Å². The highest BCUT2D eigenvalue weighted by atomic mass is 16.6. The molecule has 6 N–H and O–H groups in total. The minimum Gasteiger partial charge on any atom is -0.507 e. The number of phenols is 1. The van der Waals surface area contributed by atoms with E-state index < -0.39 is 43.2 Å². The summed E-state index contributed by atoms with van der Waals surface area (Å²) in [4.78, 5) is 12.0. The SMILES string of the molecule is O=C(N[C@@H]1O[C@H](CO)[C@@H](O)[C@H](O)[C@H]1O)c1ccccc1O. The zero-order chi connectivity index (χ0) is 15.6. The summed E-state index contributed by atoms with van der Waals surface area (Å²) >= 11 is 0. The maximum atomic E-state index is 12.0. The standard InChI is InChI=1S/C13H17NO7/c15-5-8-9(17)10(18)11(19)13(21-8)14-12(20)6-3-1-2-4-7(6)16/h1-4,8-11,13,15-19H,5H2,(H,14,20)/t8-,9-,10+,11-,13-/m1/s1. The summed E-state index contributed by atoms with van der Waals surface area (Å²) in [6.45, 7) is -0.589. The maximum Gasteiger partial charge on any atom is 0.257 e. The topological polar surface area (TPSA) is 139 Å². The van der Waals surface area contributed by atoms with Gasteiger partial charge in [0.25, 0.3) is 5.91 Å². The van der Waals surface area contributed by atoms with E-state index in [2.05, 4.69) is 5.32 Å². The summed E-state index contributed by atoms with van der Waals surface area (Å²) in [5, 5.41) is 49.9. The summed E-state index contributed by atoms with van der Waals surface area (Å²) < 4.78 is 5.14. The molecule has 1 aromatic carbocycles. The molecule has 116 valence electrons. The smallest absolute Gasteiger partial charge is 0.257 e. The predicted octanol–water partition coefficient (Wildman–Crippen LogP) is -2.08. The van der Waals surface area contributed by atoms with Gasteiger partial charge in [-0.15, -0.1) is 0 Å². The average molecular weight is 299 g/mol. The fourth-order valence-corrected chi connectivity index (χ4v) is 2.09. The Bertz CT molecular complexity index is 507. The predicted molar refractivity (Wildman–Crippen MR) is 69.3 cm³/mol. The van der Waals surface area contributed by atoms with Gasteiger partial charge in [-0.2, -0.15) is 0 Å². The van der Waals surface area contributed by atoms with Crippen molar-refractivity contribution in [1.29, 1.82) is 0 Å². The van der Waals surface area contributed by atoms with E-state index in [-0.39, 0.29) is 11.3 Å². The van der Waals surface area contributed by atoms with Gasteiger partial charge in [0.1, 0.15) is 30.2 Å². The van der Waals surface area contributed by atoms with E-state index in [1.165, 1.54) is 12.1 Å². The molecule has 0 spiro atoms. The number of carbonyl (C=O) groups excluding carboxylic acids is 1. The van der Waals surface area contributed by atoms with E-state index >= 15 is 0 Å². The van der Waals surface area contributed by atoms with Crippen molar-refractivity contribution >= 4 is 5.91 Å². The average Bonchev–Trinajstić information content (AvgIpc) is 2.48. The molecule has 2 rings (SSSR count). The van der Waals surface area contributed by atoms with Gasteiger partial charge < -0.3 is 35.6 Å². The number of phenolic OH excluding ortho intramolecular Hbond substituents is 1. The Labute approximate surface area is 120 Å². The molecule has 0 saturated carbocycles. The number of amides is 1.